The zero-order chi connectivity index (χ0) is 35.5. The second-order valence-corrected chi connectivity index (χ2v) is 15.0. The van der Waals surface area contributed by atoms with Crippen LogP contribution in [0.3, 0.4) is 0 Å². The van der Waals surface area contributed by atoms with Crippen molar-refractivity contribution in [2.24, 2.45) is 28.6 Å². The third-order valence-corrected chi connectivity index (χ3v) is 13.2. The summed E-state index contributed by atoms with van der Waals surface area (Å²) in [5.74, 6) is -4.98. The van der Waals surface area contributed by atoms with Crippen LogP contribution in [-0.4, -0.2) is 146 Å². The van der Waals surface area contributed by atoms with E-state index in [0.717, 1.165) is 0 Å². The maximum absolute atomic E-state index is 13.9. The molecule has 1 aromatic rings. The van der Waals surface area contributed by atoms with Gasteiger partial charge in [0.25, 0.3) is 0 Å². The van der Waals surface area contributed by atoms with Crippen LogP contribution in [0.4, 0.5) is 0 Å². The normalized spacial score (nSPS) is 48.9. The molecule has 3 N–H and O–H groups in total. The van der Waals surface area contributed by atoms with Crippen LogP contribution in [0.1, 0.15) is 37.0 Å². The van der Waals surface area contributed by atoms with Crippen molar-refractivity contribution in [1.82, 2.24) is 4.90 Å². The van der Waals surface area contributed by atoms with E-state index in [4.69, 9.17) is 33.2 Å². The fourth-order valence-electron chi connectivity index (χ4n) is 12.6. The van der Waals surface area contributed by atoms with Crippen molar-refractivity contribution in [1.29, 1.82) is 0 Å². The average Bonchev–Trinajstić information content (AvgIpc) is 3.41. The molecule has 14 heteroatoms. The first-order valence-corrected chi connectivity index (χ1v) is 16.7. The Kier molecular flexibility index (Phi) is 8.09. The Labute approximate surface area is 284 Å². The molecule has 5 aliphatic carbocycles. The van der Waals surface area contributed by atoms with E-state index in [0.29, 0.717) is 6.54 Å². The number of piperidine rings is 1. The highest BCUT2D eigenvalue weighted by Crippen LogP contribution is 2.82. The third-order valence-electron chi connectivity index (χ3n) is 13.2. The Morgan fingerprint density at radius 2 is 1.59 bits per heavy atom. The zero-order valence-electron chi connectivity index (χ0n) is 28.9. The third kappa shape index (κ3) is 3.97. The maximum atomic E-state index is 13.9. The maximum Gasteiger partial charge on any atom is 0.338 e. The number of benzene rings is 1. The molecular formula is C35H47NO13. The van der Waals surface area contributed by atoms with Gasteiger partial charge in [-0.2, -0.15) is 0 Å². The molecule has 0 radical (unpaired) electrons. The molecule has 7 bridgehead atoms. The summed E-state index contributed by atoms with van der Waals surface area (Å²) in [5, 5.41) is 39.2. The minimum absolute atomic E-state index is 0.0959. The number of carbonyl (C=O) groups excluding carboxylic acids is 3. The van der Waals surface area contributed by atoms with Gasteiger partial charge in [-0.05, 0) is 19.2 Å². The second-order valence-electron chi connectivity index (χ2n) is 15.0. The molecule has 15 atom stereocenters. The van der Waals surface area contributed by atoms with Gasteiger partial charge in [-0.15, -0.1) is 0 Å². The molecule has 0 unspecified atom stereocenters. The molecule has 1 aliphatic heterocycles. The monoisotopic (exact) mass is 689 g/mol. The van der Waals surface area contributed by atoms with Crippen molar-refractivity contribution in [3.8, 4) is 0 Å². The van der Waals surface area contributed by atoms with Crippen LogP contribution in [0.5, 0.6) is 0 Å². The van der Waals surface area contributed by atoms with Gasteiger partial charge in [-0.25, -0.2) is 4.79 Å². The number of methoxy groups -OCH3 is 4. The van der Waals surface area contributed by atoms with Crippen LogP contribution in [0.15, 0.2) is 30.3 Å². The summed E-state index contributed by atoms with van der Waals surface area (Å²) in [6.45, 7) is 2.97. The Bertz CT molecular complexity index is 1510. The fourth-order valence-corrected chi connectivity index (χ4v) is 12.6. The van der Waals surface area contributed by atoms with Gasteiger partial charge in [-0.1, -0.05) is 18.2 Å². The molecule has 0 amide bonds. The van der Waals surface area contributed by atoms with Gasteiger partial charge in [0, 0.05) is 90.4 Å². The summed E-state index contributed by atoms with van der Waals surface area (Å²) < 4.78 is 43.2. The Morgan fingerprint density at radius 1 is 0.898 bits per heavy atom. The quantitative estimate of drug-likeness (QED) is 0.232. The summed E-state index contributed by atoms with van der Waals surface area (Å²) in [4.78, 5) is 41.8. The number of aliphatic hydroxyl groups excluding tert-OH is 1. The molecule has 5 saturated carbocycles. The van der Waals surface area contributed by atoms with Gasteiger partial charge >= 0.3 is 17.9 Å². The van der Waals surface area contributed by atoms with Crippen LogP contribution in [0.25, 0.3) is 0 Å². The molecule has 1 aromatic carbocycles. The summed E-state index contributed by atoms with van der Waals surface area (Å²) in [7, 11) is 7.75. The molecule has 49 heavy (non-hydrogen) atoms. The van der Waals surface area contributed by atoms with E-state index in [1.807, 2.05) is 11.9 Å². The van der Waals surface area contributed by atoms with Crippen molar-refractivity contribution in [3.05, 3.63) is 35.9 Å². The number of hydrogen-bond acceptors (Lipinski definition) is 14. The second kappa shape index (κ2) is 11.4. The topological polar surface area (TPSA) is 180 Å². The van der Waals surface area contributed by atoms with Crippen molar-refractivity contribution < 1.29 is 62.9 Å². The summed E-state index contributed by atoms with van der Waals surface area (Å²) in [6, 6.07) is 7.55. The van der Waals surface area contributed by atoms with E-state index in [2.05, 4.69) is 0 Å². The van der Waals surface area contributed by atoms with E-state index in [1.165, 1.54) is 35.2 Å². The minimum Gasteiger partial charge on any atom is -0.462 e. The van der Waals surface area contributed by atoms with Gasteiger partial charge in [0.05, 0.1) is 35.9 Å². The SMILES string of the molecule is COC[C@]12CN(C)[C@@H]3[C@@H]4[C@H](OC)[C@H]1[C@@]3([C@@H](OC)C[C@H]2OC(C)=O)[C@]1(O)C[C@@]2(O)[C@H](OC(=O)c3ccccc3)[C@@H]1[C@]4(OC(C)=O)[C@@H](O)[C@@H]2OC. The van der Waals surface area contributed by atoms with Gasteiger partial charge in [0.15, 0.2) is 5.60 Å². The van der Waals surface area contributed by atoms with Crippen LogP contribution in [-0.2, 0) is 42.7 Å². The van der Waals surface area contributed by atoms with Crippen molar-refractivity contribution in [2.45, 2.75) is 86.2 Å². The molecule has 14 nitrogen and oxygen atoms in total. The lowest BCUT2D eigenvalue weighted by molar-refractivity contribution is -0.353. The molecule has 1 spiro atoms. The van der Waals surface area contributed by atoms with Crippen LogP contribution >= 0.6 is 0 Å². The minimum atomic E-state index is -2.15. The summed E-state index contributed by atoms with van der Waals surface area (Å²) >= 11 is 0. The molecule has 270 valence electrons. The highest BCUT2D eigenvalue weighted by Gasteiger charge is 2.96. The predicted molar refractivity (Wildman–Crippen MR) is 167 cm³/mol. The van der Waals surface area contributed by atoms with Gasteiger partial charge in [-0.3, -0.25) is 9.59 Å². The number of aliphatic hydroxyl groups is 3. The number of ether oxygens (including phenoxy) is 7. The molecule has 6 aliphatic rings. The Hall–Kier alpha value is -2.69. The Morgan fingerprint density at radius 3 is 2.16 bits per heavy atom. The van der Waals surface area contributed by atoms with Crippen LogP contribution < -0.4 is 0 Å². The number of nitrogens with zero attached hydrogens (tertiary/aromatic N) is 1. The van der Waals surface area contributed by atoms with E-state index in [9.17, 15) is 29.7 Å². The first-order chi connectivity index (χ1) is 23.2. The summed E-state index contributed by atoms with van der Waals surface area (Å²) in [5.41, 5.74) is -8.33. The smallest absolute Gasteiger partial charge is 0.338 e. The molecular weight excluding hydrogens is 642 g/mol. The average molecular weight is 690 g/mol. The first kappa shape index (κ1) is 34.7. The van der Waals surface area contributed by atoms with Gasteiger partial charge in [0.2, 0.25) is 0 Å². The summed E-state index contributed by atoms with van der Waals surface area (Å²) in [6.07, 6.45) is -7.35. The molecule has 1 heterocycles. The lowest BCUT2D eigenvalue weighted by Gasteiger charge is -2.72. The highest BCUT2D eigenvalue weighted by molar-refractivity contribution is 5.89. The van der Waals surface area contributed by atoms with Crippen LogP contribution in [0.2, 0.25) is 0 Å². The van der Waals surface area contributed by atoms with Crippen LogP contribution in [0, 0.1) is 28.6 Å². The molecule has 7 rings (SSSR count). The van der Waals surface area contributed by atoms with Crippen molar-refractivity contribution in [2.75, 3.05) is 48.6 Å². The van der Waals surface area contributed by atoms with E-state index in [1.54, 1.807) is 37.4 Å². The number of esters is 3. The van der Waals surface area contributed by atoms with E-state index < -0.39 is 112 Å². The van der Waals surface area contributed by atoms with Crippen molar-refractivity contribution >= 4 is 17.9 Å². The predicted octanol–water partition coefficient (Wildman–Crippen LogP) is -0.0563. The van der Waals surface area contributed by atoms with Crippen molar-refractivity contribution in [3.63, 3.8) is 0 Å². The number of carbonyl (C=O) groups is 3. The standard InChI is InChI=1S/C35H47NO13/c1-17(37)47-20-13-21(44-5)34-24-23(45-6)22(26(34)36(3)15-31(20,24)16-43-4)35(49-18(2)38)25-28(48-30(40)19-11-9-8-10-12-19)32(41,14-33(25,34)42)29(46-7)27(35)39/h8-12,20-29,39,41-42H,13-16H2,1-7H3/t20-,21+,22+,23+,24-,25+,26-,27+,28-,29+,31+,32-,33+,34-,35+/m1/s1. The first-order valence-electron chi connectivity index (χ1n) is 16.7. The van der Waals surface area contributed by atoms with E-state index in [-0.39, 0.29) is 18.6 Å². The lowest BCUT2D eigenvalue weighted by atomic mass is 9.40. The van der Waals surface area contributed by atoms with E-state index >= 15 is 0 Å². The van der Waals surface area contributed by atoms with Gasteiger partial charge in [0.1, 0.15) is 30.0 Å². The van der Waals surface area contributed by atoms with Gasteiger partial charge < -0.3 is 53.4 Å². The number of rotatable bonds is 9. The number of fused-ring (bicyclic) bond motifs is 2. The largest absolute Gasteiger partial charge is 0.462 e. The molecule has 1 saturated heterocycles. The zero-order valence-corrected chi connectivity index (χ0v) is 28.9. The highest BCUT2D eigenvalue weighted by atomic mass is 16.6. The molecule has 6 fully saturated rings. The molecule has 0 aromatic heterocycles. The number of likely N-dealkylation sites (tertiary alicyclic amines) is 1. The number of hydrogen-bond donors (Lipinski definition) is 3. The lowest BCUT2D eigenvalue weighted by Crippen LogP contribution is -2.85. The fraction of sp³-hybridized carbons (Fsp3) is 0.743. The Balaban J connectivity index is 1.55.